The summed E-state index contributed by atoms with van der Waals surface area (Å²) in [5.41, 5.74) is 0.638. The zero-order chi connectivity index (χ0) is 21.0. The van der Waals surface area contributed by atoms with Gasteiger partial charge in [-0.1, -0.05) is 50.0 Å². The predicted molar refractivity (Wildman–Crippen MR) is 107 cm³/mol. The Bertz CT molecular complexity index is 788. The average molecular weight is 429 g/mol. The number of rotatable bonds is 6. The van der Waals surface area contributed by atoms with E-state index in [4.69, 9.17) is 0 Å². The van der Waals surface area contributed by atoms with Crippen LogP contribution in [0.2, 0.25) is 18.1 Å². The fourth-order valence-corrected chi connectivity index (χ4v) is 7.80. The van der Waals surface area contributed by atoms with Gasteiger partial charge in [0.2, 0.25) is 0 Å². The van der Waals surface area contributed by atoms with Gasteiger partial charge in [-0.05, 0) is 54.2 Å². The second-order valence-corrected chi connectivity index (χ2v) is 11.3. The highest BCUT2D eigenvalue weighted by molar-refractivity contribution is 6.59. The van der Waals surface area contributed by atoms with Gasteiger partial charge < -0.3 is 4.74 Å². The van der Waals surface area contributed by atoms with E-state index in [9.17, 15) is 22.0 Å². The quantitative estimate of drug-likeness (QED) is 0.343. The lowest BCUT2D eigenvalue weighted by Crippen LogP contribution is -2.20. The second kappa shape index (κ2) is 9.28. The summed E-state index contributed by atoms with van der Waals surface area (Å²) in [6.45, 7) is 2.20. The molecule has 7 heteroatoms. The van der Waals surface area contributed by atoms with Gasteiger partial charge in [-0.3, -0.25) is 0 Å². The van der Waals surface area contributed by atoms with Crippen molar-refractivity contribution in [3.63, 3.8) is 0 Å². The summed E-state index contributed by atoms with van der Waals surface area (Å²) in [6, 6.07) is 11.1. The van der Waals surface area contributed by atoms with E-state index >= 15 is 0 Å². The maximum atomic E-state index is 14.7. The Morgan fingerprint density at radius 1 is 1.00 bits per heavy atom. The van der Waals surface area contributed by atoms with Crippen molar-refractivity contribution in [3.05, 3.63) is 53.6 Å². The third-order valence-electron chi connectivity index (χ3n) is 5.73. The van der Waals surface area contributed by atoms with Crippen LogP contribution in [0.15, 0.2) is 36.4 Å². The van der Waals surface area contributed by atoms with Gasteiger partial charge in [0, 0.05) is 8.80 Å². The fraction of sp³-hybridized carbons (Fsp3) is 0.455. The van der Waals surface area contributed by atoms with Crippen molar-refractivity contribution in [2.45, 2.75) is 63.0 Å². The van der Waals surface area contributed by atoms with Gasteiger partial charge in [0.15, 0.2) is 0 Å². The maximum absolute atomic E-state index is 14.7. The van der Waals surface area contributed by atoms with Crippen LogP contribution in [0.3, 0.4) is 0 Å². The number of benzene rings is 2. The number of halogens is 5. The monoisotopic (exact) mass is 428 g/mol. The Morgan fingerprint density at radius 2 is 1.59 bits per heavy atom. The van der Waals surface area contributed by atoms with Gasteiger partial charge in [0.1, 0.15) is 17.4 Å². The first-order valence-corrected chi connectivity index (χ1v) is 12.6. The molecule has 1 heterocycles. The van der Waals surface area contributed by atoms with E-state index in [2.05, 4.69) is 11.7 Å². The molecule has 0 radical (unpaired) electrons. The summed E-state index contributed by atoms with van der Waals surface area (Å²) in [5, 5.41) is 0. The summed E-state index contributed by atoms with van der Waals surface area (Å²) in [7, 11) is -0.689. The van der Waals surface area contributed by atoms with Crippen LogP contribution in [0.4, 0.5) is 22.0 Å². The van der Waals surface area contributed by atoms with Crippen LogP contribution < -0.4 is 4.74 Å². The standard InChI is InChI=1S/C22H25F5OSi/c1-2-3-10-29-11-8-15(9-12-29)17-13-19(23)21(20(24)14-17)16-4-6-18(7-5-16)28-22(25,26)27/h4-7,13-15,29H,2-3,8-12H2,1H3. The van der Waals surface area contributed by atoms with Crippen LogP contribution in [0.5, 0.6) is 5.75 Å². The molecule has 1 aliphatic rings. The molecule has 0 N–H and O–H groups in total. The molecular weight excluding hydrogens is 403 g/mol. The van der Waals surface area contributed by atoms with Crippen LogP contribution in [-0.4, -0.2) is 15.2 Å². The first-order chi connectivity index (χ1) is 13.8. The van der Waals surface area contributed by atoms with Crippen molar-refractivity contribution in [1.82, 2.24) is 0 Å². The Labute approximate surface area is 169 Å². The van der Waals surface area contributed by atoms with E-state index < -0.39 is 32.5 Å². The lowest BCUT2D eigenvalue weighted by molar-refractivity contribution is -0.274. The average Bonchev–Trinajstić information content (AvgIpc) is 2.66. The highest BCUT2D eigenvalue weighted by atomic mass is 28.3. The van der Waals surface area contributed by atoms with Gasteiger partial charge in [0.05, 0.1) is 5.56 Å². The van der Waals surface area contributed by atoms with E-state index in [1.54, 1.807) is 0 Å². The summed E-state index contributed by atoms with van der Waals surface area (Å²) in [5.74, 6) is -1.62. The number of alkyl halides is 3. The molecule has 1 saturated heterocycles. The highest BCUT2D eigenvalue weighted by Gasteiger charge is 2.31. The van der Waals surface area contributed by atoms with E-state index in [0.29, 0.717) is 5.56 Å². The molecular formula is C22H25F5OSi. The zero-order valence-corrected chi connectivity index (χ0v) is 17.5. The number of unbranched alkanes of at least 4 members (excludes halogenated alkanes) is 1. The Morgan fingerprint density at radius 3 is 2.10 bits per heavy atom. The molecule has 29 heavy (non-hydrogen) atoms. The molecule has 158 valence electrons. The SMILES string of the molecule is CCCC[SiH]1CCC(c2cc(F)c(-c3ccc(OC(F)(F)F)cc3)c(F)c2)CC1. The van der Waals surface area contributed by atoms with E-state index in [1.807, 2.05) is 0 Å². The molecule has 1 nitrogen and oxygen atoms in total. The van der Waals surface area contributed by atoms with E-state index in [1.165, 1.54) is 55.2 Å². The van der Waals surface area contributed by atoms with Gasteiger partial charge in [-0.25, -0.2) is 8.78 Å². The molecule has 2 aromatic rings. The molecule has 0 spiro atoms. The minimum absolute atomic E-state index is 0.178. The van der Waals surface area contributed by atoms with Crippen LogP contribution in [0, 0.1) is 11.6 Å². The summed E-state index contributed by atoms with van der Waals surface area (Å²) in [6.07, 6.45) is -0.330. The van der Waals surface area contributed by atoms with Crippen LogP contribution in [-0.2, 0) is 0 Å². The fourth-order valence-electron chi connectivity index (χ4n) is 4.20. The van der Waals surface area contributed by atoms with E-state index in [-0.39, 0.29) is 17.0 Å². The van der Waals surface area contributed by atoms with Crippen molar-refractivity contribution in [2.24, 2.45) is 0 Å². The first kappa shape index (κ1) is 21.8. The molecule has 0 aromatic heterocycles. The van der Waals surface area contributed by atoms with Gasteiger partial charge in [0.25, 0.3) is 0 Å². The van der Waals surface area contributed by atoms with Crippen molar-refractivity contribution < 1.29 is 26.7 Å². The summed E-state index contributed by atoms with van der Waals surface area (Å²) in [4.78, 5) is 0. The lowest BCUT2D eigenvalue weighted by Gasteiger charge is -2.28. The molecule has 0 saturated carbocycles. The smallest absolute Gasteiger partial charge is 0.406 e. The topological polar surface area (TPSA) is 9.23 Å². The van der Waals surface area contributed by atoms with Crippen molar-refractivity contribution in [2.75, 3.05) is 0 Å². The predicted octanol–water partition coefficient (Wildman–Crippen LogP) is 7.44. The second-order valence-electron chi connectivity index (χ2n) is 7.79. The minimum atomic E-state index is -4.81. The molecule has 0 unspecified atom stereocenters. The van der Waals surface area contributed by atoms with Crippen LogP contribution in [0.25, 0.3) is 11.1 Å². The van der Waals surface area contributed by atoms with Gasteiger partial charge >= 0.3 is 6.36 Å². The molecule has 0 amide bonds. The molecule has 0 atom stereocenters. The van der Waals surface area contributed by atoms with Crippen LogP contribution in [0.1, 0.15) is 44.1 Å². The lowest BCUT2D eigenvalue weighted by atomic mass is 9.91. The number of hydrogen-bond donors (Lipinski definition) is 0. The Hall–Kier alpha value is -1.89. The summed E-state index contributed by atoms with van der Waals surface area (Å²) < 4.78 is 70.0. The van der Waals surface area contributed by atoms with Crippen molar-refractivity contribution in [3.8, 4) is 16.9 Å². The largest absolute Gasteiger partial charge is 0.573 e. The Kier molecular flexibility index (Phi) is 6.98. The molecule has 0 bridgehead atoms. The zero-order valence-electron chi connectivity index (χ0n) is 16.4. The molecule has 1 aliphatic heterocycles. The maximum Gasteiger partial charge on any atom is 0.573 e. The number of hydrogen-bond acceptors (Lipinski definition) is 1. The van der Waals surface area contributed by atoms with Crippen molar-refractivity contribution in [1.29, 1.82) is 0 Å². The normalized spacial score (nSPS) is 19.9. The van der Waals surface area contributed by atoms with E-state index in [0.717, 1.165) is 25.0 Å². The minimum Gasteiger partial charge on any atom is -0.406 e. The molecule has 0 aliphatic carbocycles. The van der Waals surface area contributed by atoms with Crippen LogP contribution >= 0.6 is 0 Å². The third kappa shape index (κ3) is 5.81. The summed E-state index contributed by atoms with van der Waals surface area (Å²) >= 11 is 0. The van der Waals surface area contributed by atoms with Crippen molar-refractivity contribution >= 4 is 8.80 Å². The highest BCUT2D eigenvalue weighted by Crippen LogP contribution is 2.38. The molecule has 3 rings (SSSR count). The number of ether oxygens (including phenoxy) is 1. The first-order valence-electron chi connectivity index (χ1n) is 10.1. The van der Waals surface area contributed by atoms with Gasteiger partial charge in [-0.2, -0.15) is 0 Å². The molecule has 1 fully saturated rings. The molecule has 2 aromatic carbocycles. The Balaban J connectivity index is 1.73. The van der Waals surface area contributed by atoms with Gasteiger partial charge in [-0.15, -0.1) is 13.2 Å². The third-order valence-corrected chi connectivity index (χ3v) is 9.25.